The number of halogens is 2. The van der Waals surface area contributed by atoms with Gasteiger partial charge in [-0.1, -0.05) is 131 Å². The highest BCUT2D eigenvalue weighted by molar-refractivity contribution is 5.92. The topological polar surface area (TPSA) is 14.7 Å². The summed E-state index contributed by atoms with van der Waals surface area (Å²) in [6.45, 7) is 28.3. The fourth-order valence-corrected chi connectivity index (χ4v) is 7.72. The molecule has 6 aromatic rings. The Morgan fingerprint density at radius 2 is 1.26 bits per heavy atom. The summed E-state index contributed by atoms with van der Waals surface area (Å²) < 4.78 is 29.8. The first-order valence-electron chi connectivity index (χ1n) is 21.5. The highest BCUT2D eigenvalue weighted by Gasteiger charge is 2.26. The van der Waals surface area contributed by atoms with E-state index in [1.54, 1.807) is 24.3 Å². The minimum Gasteiger partial charge on any atom is -0.336 e. The summed E-state index contributed by atoms with van der Waals surface area (Å²) in [5.41, 5.74) is 12.4. The third-order valence-electron chi connectivity index (χ3n) is 11.1. The summed E-state index contributed by atoms with van der Waals surface area (Å²) in [5.74, 6) is -0.556. The van der Waals surface area contributed by atoms with Gasteiger partial charge in [-0.25, -0.2) is 8.78 Å². The Balaban J connectivity index is 1.12. The second kappa shape index (κ2) is 21.3. The maximum Gasteiger partial charge on any atom is 0.123 e. The van der Waals surface area contributed by atoms with Crippen LogP contribution in [0.2, 0.25) is 0 Å². The number of fused-ring (bicyclic) bond motifs is 2. The largest absolute Gasteiger partial charge is 0.336 e. The van der Waals surface area contributed by atoms with E-state index in [0.29, 0.717) is 23.4 Å². The summed E-state index contributed by atoms with van der Waals surface area (Å²) in [6.07, 6.45) is 27.1. The molecule has 0 saturated heterocycles. The third-order valence-corrected chi connectivity index (χ3v) is 11.1. The average molecular weight is 867 g/mol. The molecule has 2 heterocycles. The number of allylic oxidation sites excluding steroid dienone is 13. The first-order chi connectivity index (χ1) is 32.1. The molecule has 1 aliphatic rings. The molecular formula is C60H52F2N4. The molecule has 0 fully saturated rings. The molecule has 4 nitrogen and oxygen atoms in total. The van der Waals surface area contributed by atoms with Gasteiger partial charge >= 0.3 is 0 Å². The van der Waals surface area contributed by atoms with Gasteiger partial charge in [-0.05, 0) is 133 Å². The number of hydrogen-bond acceptors (Lipinski definition) is 3. The van der Waals surface area contributed by atoms with E-state index in [4.69, 9.17) is 0 Å². The molecule has 326 valence electrons. The van der Waals surface area contributed by atoms with E-state index in [1.165, 1.54) is 24.3 Å². The predicted octanol–water partition coefficient (Wildman–Crippen LogP) is 15.9. The van der Waals surface area contributed by atoms with E-state index in [1.807, 2.05) is 127 Å². The number of para-hydroxylation sites is 3. The maximum absolute atomic E-state index is 13.9. The van der Waals surface area contributed by atoms with Crippen molar-refractivity contribution in [1.82, 2.24) is 9.47 Å². The van der Waals surface area contributed by atoms with Crippen LogP contribution >= 0.6 is 0 Å². The fraction of sp³-hybridized carbons (Fsp3) is 0.0333. The molecule has 5 aromatic carbocycles. The molecule has 1 aromatic heterocycles. The van der Waals surface area contributed by atoms with Gasteiger partial charge in [0.2, 0.25) is 0 Å². The van der Waals surface area contributed by atoms with Gasteiger partial charge < -0.3 is 19.3 Å². The Hall–Kier alpha value is -8.48. The minimum absolute atomic E-state index is 0.267. The van der Waals surface area contributed by atoms with Crippen molar-refractivity contribution in [2.45, 2.75) is 6.92 Å². The summed E-state index contributed by atoms with van der Waals surface area (Å²) in [7, 11) is 0. The molecule has 7 rings (SSSR count). The zero-order chi connectivity index (χ0) is 46.6. The lowest BCUT2D eigenvalue weighted by Gasteiger charge is -2.27. The quantitative estimate of drug-likeness (QED) is 0.0800. The summed E-state index contributed by atoms with van der Waals surface area (Å²) >= 11 is 0. The third kappa shape index (κ3) is 10.5. The highest BCUT2D eigenvalue weighted by atomic mass is 19.1. The van der Waals surface area contributed by atoms with E-state index in [0.717, 1.165) is 67.4 Å². The molecule has 0 atom stereocenters. The van der Waals surface area contributed by atoms with Gasteiger partial charge in [0, 0.05) is 81.0 Å². The van der Waals surface area contributed by atoms with Gasteiger partial charge in [0.25, 0.3) is 0 Å². The van der Waals surface area contributed by atoms with Crippen LogP contribution in [0.5, 0.6) is 0 Å². The average Bonchev–Trinajstić information content (AvgIpc) is 3.90. The number of anilines is 3. The molecular weight excluding hydrogens is 815 g/mol. The first-order valence-corrected chi connectivity index (χ1v) is 21.5. The summed E-state index contributed by atoms with van der Waals surface area (Å²) in [4.78, 5) is 6.26. The number of aromatic nitrogens is 1. The van der Waals surface area contributed by atoms with Gasteiger partial charge in [-0.3, -0.25) is 0 Å². The Morgan fingerprint density at radius 3 is 1.92 bits per heavy atom. The number of hydrogen-bond donors (Lipinski definition) is 0. The van der Waals surface area contributed by atoms with Crippen LogP contribution < -0.4 is 9.80 Å². The summed E-state index contributed by atoms with van der Waals surface area (Å²) in [5, 5.41) is 1.03. The normalized spacial score (nSPS) is 13.6. The lowest BCUT2D eigenvalue weighted by molar-refractivity contribution is 0.621. The zero-order valence-corrected chi connectivity index (χ0v) is 37.2. The van der Waals surface area contributed by atoms with Gasteiger partial charge in [0.05, 0.1) is 5.52 Å². The summed E-state index contributed by atoms with van der Waals surface area (Å²) in [6, 6.07) is 39.6. The van der Waals surface area contributed by atoms with Crippen LogP contribution in [0.3, 0.4) is 0 Å². The fourth-order valence-electron chi connectivity index (χ4n) is 7.72. The van der Waals surface area contributed by atoms with E-state index < -0.39 is 0 Å². The van der Waals surface area contributed by atoms with Gasteiger partial charge in [-0.2, -0.15) is 0 Å². The Labute approximate surface area is 388 Å². The lowest BCUT2D eigenvalue weighted by atomic mass is 10.1. The first kappa shape index (κ1) is 45.5. The van der Waals surface area contributed by atoms with Gasteiger partial charge in [0.1, 0.15) is 11.6 Å². The maximum atomic E-state index is 13.9. The van der Waals surface area contributed by atoms with E-state index in [2.05, 4.69) is 102 Å². The Bertz CT molecular complexity index is 3020. The van der Waals surface area contributed by atoms with Crippen molar-refractivity contribution >= 4 is 39.6 Å². The number of rotatable bonds is 18. The van der Waals surface area contributed by atoms with Crippen molar-refractivity contribution in [3.8, 4) is 5.69 Å². The standard InChI is InChI=1S/C60H52F2N4/c1-8-11-12-20-39-63(52(9-2)40-48-42-64(54-35-31-50(61)32-36-54)59-25-18-16-23-57(48)59)46(6)29-27-44(4)45(5)28-30-47(7)66(56-21-14-13-15-22-56)53(10-3)41-49-43-65(55-37-33-51(62)34-38-55)60-26-19-17-24-58(49)60/h8-42H,1-2,4-7,43H2,3H3/b12-11-,29-27-,30-28-,39-20+,49-41+,52-40+,53-10+. The van der Waals surface area contributed by atoms with Crippen molar-refractivity contribution < 1.29 is 8.78 Å². The monoisotopic (exact) mass is 866 g/mol. The molecule has 6 heteroatoms. The van der Waals surface area contributed by atoms with Crippen molar-refractivity contribution in [2.75, 3.05) is 16.3 Å². The highest BCUT2D eigenvalue weighted by Crippen LogP contribution is 2.41. The van der Waals surface area contributed by atoms with Crippen LogP contribution in [0.4, 0.5) is 25.8 Å². The van der Waals surface area contributed by atoms with Crippen molar-refractivity contribution in [1.29, 1.82) is 0 Å². The number of nitrogens with zero attached hydrogens (tertiary/aromatic N) is 4. The molecule has 0 saturated carbocycles. The second-order valence-corrected chi connectivity index (χ2v) is 15.4. The minimum atomic E-state index is -0.289. The predicted molar refractivity (Wildman–Crippen MR) is 277 cm³/mol. The van der Waals surface area contributed by atoms with E-state index in [9.17, 15) is 8.78 Å². The molecule has 0 aliphatic carbocycles. The van der Waals surface area contributed by atoms with E-state index in [-0.39, 0.29) is 11.6 Å². The molecule has 0 spiro atoms. The molecule has 66 heavy (non-hydrogen) atoms. The van der Waals surface area contributed by atoms with Crippen molar-refractivity contribution in [3.63, 3.8) is 0 Å². The van der Waals surface area contributed by atoms with Gasteiger partial charge in [-0.15, -0.1) is 0 Å². The van der Waals surface area contributed by atoms with Crippen LogP contribution in [0.1, 0.15) is 18.1 Å². The lowest BCUT2D eigenvalue weighted by Crippen LogP contribution is -2.20. The van der Waals surface area contributed by atoms with Crippen molar-refractivity contribution in [3.05, 3.63) is 303 Å². The van der Waals surface area contributed by atoms with Gasteiger partial charge in [0.15, 0.2) is 0 Å². The Kier molecular flexibility index (Phi) is 14.7. The van der Waals surface area contributed by atoms with Crippen LogP contribution in [-0.4, -0.2) is 16.0 Å². The molecule has 0 N–H and O–H groups in total. The molecule has 0 unspecified atom stereocenters. The van der Waals surface area contributed by atoms with Crippen LogP contribution in [0.25, 0.3) is 28.2 Å². The molecule has 0 bridgehead atoms. The SMILES string of the molecule is C=C/C=C\C=C\N(C(=C)/C=C\C(=C)C(=C)/C=C\C(=C)N(C(/C=C1\CN(c2ccc(F)cc2)c2ccccc21)=C/C)c1ccccc1)/C(C=C)=C/c1cn(-c2ccc(F)cc2)c2ccccc12. The zero-order valence-electron chi connectivity index (χ0n) is 37.2. The molecule has 1 aliphatic heterocycles. The van der Waals surface area contributed by atoms with Crippen LogP contribution in [0, 0.1) is 11.6 Å². The van der Waals surface area contributed by atoms with E-state index >= 15 is 0 Å². The smallest absolute Gasteiger partial charge is 0.123 e. The van der Waals surface area contributed by atoms with Crippen LogP contribution in [-0.2, 0) is 0 Å². The molecule has 0 amide bonds. The molecule has 0 radical (unpaired) electrons. The Morgan fingerprint density at radius 1 is 0.636 bits per heavy atom. The second-order valence-electron chi connectivity index (χ2n) is 15.4. The van der Waals surface area contributed by atoms with Crippen LogP contribution in [0.15, 0.2) is 280 Å². The number of benzene rings is 5. The van der Waals surface area contributed by atoms with Crippen molar-refractivity contribution in [2.24, 2.45) is 0 Å².